The second-order valence-electron chi connectivity index (χ2n) is 12.8. The highest BCUT2D eigenvalue weighted by molar-refractivity contribution is 5.88. The maximum atomic E-state index is 13.4. The average molecular weight is 756 g/mol. The third-order valence-corrected chi connectivity index (χ3v) is 8.37. The van der Waals surface area contributed by atoms with Crippen molar-refractivity contribution in [1.82, 2.24) is 26.8 Å². The van der Waals surface area contributed by atoms with Gasteiger partial charge in [-0.3, -0.25) is 14.4 Å². The van der Waals surface area contributed by atoms with Gasteiger partial charge in [0.2, 0.25) is 11.8 Å². The second-order valence-corrected chi connectivity index (χ2v) is 12.8. The Balaban J connectivity index is 0.000000525. The molecule has 0 aliphatic carbocycles. The monoisotopic (exact) mass is 755 g/mol. The van der Waals surface area contributed by atoms with E-state index in [2.05, 4.69) is 40.0 Å². The van der Waals surface area contributed by atoms with Gasteiger partial charge in [0.15, 0.2) is 6.61 Å². The Morgan fingerprint density at radius 1 is 0.855 bits per heavy atom. The Kier molecular flexibility index (Phi) is 15.5. The van der Waals surface area contributed by atoms with Gasteiger partial charge in [-0.25, -0.2) is 10.9 Å². The van der Waals surface area contributed by atoms with Crippen molar-refractivity contribution in [2.75, 3.05) is 13.2 Å². The maximum Gasteiger partial charge on any atom is 0.416 e. The van der Waals surface area contributed by atoms with Crippen LogP contribution < -0.4 is 31.5 Å². The molecule has 3 atom stereocenters. The number of nitrogens with one attached hydrogen (secondary N) is 5. The van der Waals surface area contributed by atoms with Crippen LogP contribution in [-0.4, -0.2) is 55.4 Å². The van der Waals surface area contributed by atoms with E-state index in [0.29, 0.717) is 29.6 Å². The summed E-state index contributed by atoms with van der Waals surface area (Å²) >= 11 is 0. The molecule has 0 spiro atoms. The molecule has 2 aliphatic heterocycles. The van der Waals surface area contributed by atoms with Crippen molar-refractivity contribution in [2.24, 2.45) is 0 Å². The van der Waals surface area contributed by atoms with E-state index in [4.69, 9.17) is 4.74 Å². The number of hydrogen-bond donors (Lipinski definition) is 5. The highest BCUT2D eigenvalue weighted by Gasteiger charge is 2.30. The van der Waals surface area contributed by atoms with Crippen molar-refractivity contribution in [3.8, 4) is 16.9 Å². The zero-order chi connectivity index (χ0) is 39.8. The van der Waals surface area contributed by atoms with E-state index in [1.54, 1.807) is 43.3 Å². The van der Waals surface area contributed by atoms with Crippen LogP contribution >= 0.6 is 0 Å². The van der Waals surface area contributed by atoms with Crippen molar-refractivity contribution in [3.63, 3.8) is 0 Å². The van der Waals surface area contributed by atoms with Gasteiger partial charge in [0.1, 0.15) is 18.1 Å². The number of benzene rings is 4. The fourth-order valence-corrected chi connectivity index (χ4v) is 5.46. The van der Waals surface area contributed by atoms with Crippen LogP contribution in [0.25, 0.3) is 11.1 Å². The lowest BCUT2D eigenvalue weighted by Crippen LogP contribution is -2.59. The summed E-state index contributed by atoms with van der Waals surface area (Å²) in [6.45, 7) is 8.75. The number of fused-ring (bicyclic) bond motifs is 16. The lowest BCUT2D eigenvalue weighted by atomic mass is 10.0. The van der Waals surface area contributed by atoms with Gasteiger partial charge in [-0.1, -0.05) is 115 Å². The van der Waals surface area contributed by atoms with E-state index >= 15 is 0 Å². The summed E-state index contributed by atoms with van der Waals surface area (Å²) in [6, 6.07) is 28.3. The molecule has 288 valence electrons. The molecular formula is C42H44F3N5O5. The van der Waals surface area contributed by atoms with E-state index in [9.17, 15) is 32.3 Å². The molecule has 5 N–H and O–H groups in total. The number of hydrazine groups is 1. The Labute approximate surface area is 318 Å². The van der Waals surface area contributed by atoms with Crippen molar-refractivity contribution in [3.05, 3.63) is 150 Å². The number of allylic oxidation sites excluding steroid dienone is 1. The summed E-state index contributed by atoms with van der Waals surface area (Å²) < 4.78 is 41.5. The van der Waals surface area contributed by atoms with Gasteiger partial charge < -0.3 is 25.5 Å². The Morgan fingerprint density at radius 2 is 1.55 bits per heavy atom. The van der Waals surface area contributed by atoms with Crippen LogP contribution in [0.4, 0.5) is 13.2 Å². The topological polar surface area (TPSA) is 138 Å². The largest absolute Gasteiger partial charge is 0.484 e. The van der Waals surface area contributed by atoms with Crippen LogP contribution in [0.3, 0.4) is 0 Å². The van der Waals surface area contributed by atoms with Gasteiger partial charge in [0.25, 0.3) is 5.91 Å². The minimum absolute atomic E-state index is 0.247. The smallest absolute Gasteiger partial charge is 0.416 e. The fourth-order valence-electron chi connectivity index (χ4n) is 5.46. The minimum Gasteiger partial charge on any atom is -0.484 e. The van der Waals surface area contributed by atoms with Crippen LogP contribution in [-0.2, 0) is 38.2 Å². The Bertz CT molecular complexity index is 1920. The molecule has 0 fully saturated rings. The van der Waals surface area contributed by atoms with Gasteiger partial charge in [-0.15, -0.1) is 0 Å². The molecule has 55 heavy (non-hydrogen) atoms. The quantitative estimate of drug-likeness (QED) is 0.0971. The molecule has 2 bridgehead atoms. The maximum absolute atomic E-state index is 13.4. The number of amides is 3. The van der Waals surface area contributed by atoms with Gasteiger partial charge in [-0.05, 0) is 60.2 Å². The molecule has 4 aromatic carbocycles. The van der Waals surface area contributed by atoms with E-state index in [1.807, 2.05) is 54.6 Å². The SMILES string of the molecule is C=CC(=C)C[C@H]1NN[C@H](Cc2ccc(-c3ccccc3)cc2)C(=O)NCC(=O)N[C@H](C=O)Cc2ccc(cc2)OCC(=O)N1.Cc1cccc(C(F)(F)F)c1. The predicted molar refractivity (Wildman–Crippen MR) is 204 cm³/mol. The molecular weight excluding hydrogens is 711 g/mol. The lowest BCUT2D eigenvalue weighted by Gasteiger charge is -2.25. The first kappa shape index (κ1) is 41.7. The van der Waals surface area contributed by atoms with Gasteiger partial charge in [-0.2, -0.15) is 13.2 Å². The van der Waals surface area contributed by atoms with Crippen LogP contribution in [0.5, 0.6) is 5.75 Å². The van der Waals surface area contributed by atoms with E-state index in [-0.39, 0.29) is 26.0 Å². The molecule has 4 aromatic rings. The standard InChI is InChI=1S/C34H37N5O5.C8H7F3/c1-3-23(2)17-31-37-33(42)22-44-29-15-11-24(12-16-29)18-28(21-40)36-32(41)20-35-34(43)30(38-39-31)19-25-9-13-27(14-10-25)26-7-5-4-6-8-26;1-6-3-2-4-7(5-6)8(9,10)11/h3-16,21,28,30-31,38-39H,1-2,17-20,22H2,(H,35,43)(H,36,41)(H,37,42);2-5H,1H3/t28-,30+,31+;/m0./s1. The molecule has 0 unspecified atom stereocenters. The summed E-state index contributed by atoms with van der Waals surface area (Å²) in [6.07, 6.45) is -1.81. The van der Waals surface area contributed by atoms with Crippen molar-refractivity contribution >= 4 is 24.0 Å². The number of halogens is 3. The summed E-state index contributed by atoms with van der Waals surface area (Å²) in [7, 11) is 0. The van der Waals surface area contributed by atoms with Crippen molar-refractivity contribution in [2.45, 2.75) is 50.6 Å². The normalized spacial score (nSPS) is 18.3. The molecule has 0 aromatic heterocycles. The number of aldehydes is 1. The molecule has 13 heteroatoms. The molecule has 2 aliphatic rings. The van der Waals surface area contributed by atoms with E-state index < -0.39 is 47.7 Å². The number of hydrogen-bond acceptors (Lipinski definition) is 7. The van der Waals surface area contributed by atoms with Gasteiger partial charge >= 0.3 is 6.18 Å². The third kappa shape index (κ3) is 14.0. The van der Waals surface area contributed by atoms with Crippen LogP contribution in [0.1, 0.15) is 28.7 Å². The van der Waals surface area contributed by atoms with Crippen molar-refractivity contribution in [1.29, 1.82) is 0 Å². The Hall–Kier alpha value is -6.05. The van der Waals surface area contributed by atoms with Crippen molar-refractivity contribution < 1.29 is 37.1 Å². The predicted octanol–water partition coefficient (Wildman–Crippen LogP) is 5.38. The number of alkyl halides is 3. The van der Waals surface area contributed by atoms with E-state index in [1.165, 1.54) is 6.07 Å². The summed E-state index contributed by atoms with van der Waals surface area (Å²) in [5.74, 6) is -0.873. The van der Waals surface area contributed by atoms with E-state index in [0.717, 1.165) is 34.4 Å². The summed E-state index contributed by atoms with van der Waals surface area (Å²) in [5.41, 5.74) is 10.5. The molecule has 6 rings (SSSR count). The average Bonchev–Trinajstić information content (AvgIpc) is 3.18. The van der Waals surface area contributed by atoms with Gasteiger partial charge in [0.05, 0.1) is 24.3 Å². The molecule has 0 saturated carbocycles. The highest BCUT2D eigenvalue weighted by Crippen LogP contribution is 2.29. The lowest BCUT2D eigenvalue weighted by molar-refractivity contribution is -0.137. The minimum atomic E-state index is -4.22. The van der Waals surface area contributed by atoms with Crippen LogP contribution in [0, 0.1) is 6.92 Å². The van der Waals surface area contributed by atoms with Crippen LogP contribution in [0.15, 0.2) is 128 Å². The number of carbonyl (C=O) groups excluding carboxylic acids is 4. The first-order chi connectivity index (χ1) is 26.3. The molecule has 10 nitrogen and oxygen atoms in total. The zero-order valence-corrected chi connectivity index (χ0v) is 30.3. The first-order valence-corrected chi connectivity index (χ1v) is 17.5. The number of rotatable bonds is 7. The van der Waals surface area contributed by atoms with Gasteiger partial charge in [0, 0.05) is 6.42 Å². The first-order valence-electron chi connectivity index (χ1n) is 17.5. The number of ether oxygens (including phenoxy) is 1. The molecule has 2 heterocycles. The van der Waals surface area contributed by atoms with Crippen LogP contribution in [0.2, 0.25) is 0 Å². The molecule has 0 radical (unpaired) electrons. The zero-order valence-electron chi connectivity index (χ0n) is 30.3. The number of carbonyl (C=O) groups is 4. The third-order valence-electron chi connectivity index (χ3n) is 8.37. The summed E-state index contributed by atoms with van der Waals surface area (Å²) in [5, 5.41) is 8.16. The highest BCUT2D eigenvalue weighted by atomic mass is 19.4. The fraction of sp³-hybridized carbons (Fsp3) is 0.238. The number of aryl methyl sites for hydroxylation is 1. The second kappa shape index (κ2) is 20.4. The molecule has 3 amide bonds. The Morgan fingerprint density at radius 3 is 2.16 bits per heavy atom. The summed E-state index contributed by atoms with van der Waals surface area (Å²) in [4.78, 5) is 50.5. The molecule has 0 saturated heterocycles.